The molecule has 0 spiro atoms. The Hall–Kier alpha value is 0.01000. The van der Waals surface area contributed by atoms with Crippen LogP contribution in [0.2, 0.25) is 0 Å². The molecule has 0 aliphatic heterocycles. The van der Waals surface area contributed by atoms with Crippen LogP contribution in [-0.2, 0) is 6.42 Å². The van der Waals surface area contributed by atoms with E-state index in [9.17, 15) is 5.11 Å². The van der Waals surface area contributed by atoms with Gasteiger partial charge in [-0.15, -0.1) is 0 Å². The first-order chi connectivity index (χ1) is 8.26. The Kier molecular flexibility index (Phi) is 7.99. The predicted molar refractivity (Wildman–Crippen MR) is 80.7 cm³/mol. The topological polar surface area (TPSA) is 20.2 Å². The van der Waals surface area contributed by atoms with E-state index in [4.69, 9.17) is 0 Å². The minimum absolute atomic E-state index is 0.295. The van der Waals surface area contributed by atoms with Crippen molar-refractivity contribution in [3.8, 4) is 0 Å². The number of thioether (sulfide) groups is 1. The second-order valence-electron chi connectivity index (χ2n) is 4.22. The maximum Gasteiger partial charge on any atom is 0.0462 e. The largest absolute Gasteiger partial charge is 0.396 e. The summed E-state index contributed by atoms with van der Waals surface area (Å²) in [5.41, 5.74) is 1.31. The van der Waals surface area contributed by atoms with E-state index in [1.165, 1.54) is 23.5 Å². The van der Waals surface area contributed by atoms with Crippen LogP contribution < -0.4 is 0 Å². The number of aliphatic hydroxyl groups is 1. The van der Waals surface area contributed by atoms with E-state index in [0.29, 0.717) is 12.5 Å². The third-order valence-electron chi connectivity index (χ3n) is 2.78. The van der Waals surface area contributed by atoms with Gasteiger partial charge >= 0.3 is 0 Å². The maximum atomic E-state index is 9.39. The monoisotopic (exact) mass is 316 g/mol. The first kappa shape index (κ1) is 15.1. The minimum Gasteiger partial charge on any atom is -0.396 e. The fraction of sp³-hybridized carbons (Fsp3) is 0.571. The molecule has 1 rings (SSSR count). The van der Waals surface area contributed by atoms with Crippen LogP contribution in [-0.4, -0.2) is 23.2 Å². The molecule has 96 valence electrons. The smallest absolute Gasteiger partial charge is 0.0462 e. The van der Waals surface area contributed by atoms with Crippen LogP contribution in [0.3, 0.4) is 0 Å². The lowest BCUT2D eigenvalue weighted by Crippen LogP contribution is -2.10. The Morgan fingerprint density at radius 3 is 2.88 bits per heavy atom. The third-order valence-corrected chi connectivity index (χ3v) is 4.26. The fourth-order valence-electron chi connectivity index (χ4n) is 1.87. The van der Waals surface area contributed by atoms with Gasteiger partial charge in [0.15, 0.2) is 0 Å². The van der Waals surface area contributed by atoms with E-state index in [-0.39, 0.29) is 0 Å². The summed E-state index contributed by atoms with van der Waals surface area (Å²) in [6, 6.07) is 8.37. The lowest BCUT2D eigenvalue weighted by Gasteiger charge is -2.14. The molecule has 0 saturated carbocycles. The molecule has 1 aromatic carbocycles. The first-order valence-electron chi connectivity index (χ1n) is 6.19. The quantitative estimate of drug-likeness (QED) is 0.727. The molecular weight excluding hydrogens is 296 g/mol. The summed E-state index contributed by atoms with van der Waals surface area (Å²) in [7, 11) is 0. The number of aliphatic hydroxyl groups excluding tert-OH is 1. The van der Waals surface area contributed by atoms with Crippen LogP contribution in [0.1, 0.15) is 25.3 Å². The first-order valence-corrected chi connectivity index (χ1v) is 8.14. The minimum atomic E-state index is 0.295. The molecule has 1 nitrogen and oxygen atoms in total. The van der Waals surface area contributed by atoms with E-state index < -0.39 is 0 Å². The summed E-state index contributed by atoms with van der Waals surface area (Å²) < 4.78 is 1.12. The Morgan fingerprint density at radius 2 is 2.24 bits per heavy atom. The van der Waals surface area contributed by atoms with E-state index in [1.807, 2.05) is 17.8 Å². The van der Waals surface area contributed by atoms with Crippen molar-refractivity contribution in [1.29, 1.82) is 0 Å². The molecule has 17 heavy (non-hydrogen) atoms. The highest BCUT2D eigenvalue weighted by molar-refractivity contribution is 9.10. The van der Waals surface area contributed by atoms with Crippen LogP contribution in [0.5, 0.6) is 0 Å². The van der Waals surface area contributed by atoms with Crippen molar-refractivity contribution < 1.29 is 5.11 Å². The predicted octanol–water partition coefficient (Wildman–Crippen LogP) is 4.13. The standard InChI is InChI=1S/C14H21BrOS/c1-2-17-8-4-6-13(11-16)9-12-5-3-7-14(15)10-12/h3,5,7,10,13,16H,2,4,6,8-9,11H2,1H3. The zero-order valence-electron chi connectivity index (χ0n) is 10.4. The molecule has 0 aromatic heterocycles. The van der Waals surface area contributed by atoms with Crippen molar-refractivity contribution in [3.63, 3.8) is 0 Å². The molecule has 1 N–H and O–H groups in total. The number of hydrogen-bond donors (Lipinski definition) is 1. The van der Waals surface area contributed by atoms with E-state index in [2.05, 4.69) is 41.1 Å². The molecule has 0 bridgehead atoms. The van der Waals surface area contributed by atoms with Crippen molar-refractivity contribution >= 4 is 27.7 Å². The molecule has 0 saturated heterocycles. The Balaban J connectivity index is 2.35. The van der Waals surface area contributed by atoms with Crippen molar-refractivity contribution in [3.05, 3.63) is 34.3 Å². The average molecular weight is 317 g/mol. The van der Waals surface area contributed by atoms with Gasteiger partial charge < -0.3 is 5.11 Å². The molecule has 0 aliphatic carbocycles. The van der Waals surface area contributed by atoms with E-state index >= 15 is 0 Å². The van der Waals surface area contributed by atoms with Crippen LogP contribution in [0.15, 0.2) is 28.7 Å². The van der Waals surface area contributed by atoms with Crippen LogP contribution in [0.4, 0.5) is 0 Å². The molecule has 1 unspecified atom stereocenters. The third kappa shape index (κ3) is 6.49. The molecule has 1 aromatic rings. The van der Waals surface area contributed by atoms with Gasteiger partial charge in [0, 0.05) is 11.1 Å². The average Bonchev–Trinajstić information content (AvgIpc) is 2.33. The summed E-state index contributed by atoms with van der Waals surface area (Å²) in [4.78, 5) is 0. The van der Waals surface area contributed by atoms with Gasteiger partial charge in [0.05, 0.1) is 0 Å². The Morgan fingerprint density at radius 1 is 1.41 bits per heavy atom. The highest BCUT2D eigenvalue weighted by Crippen LogP contribution is 2.18. The van der Waals surface area contributed by atoms with Gasteiger partial charge in [-0.1, -0.05) is 35.0 Å². The summed E-state index contributed by atoms with van der Waals surface area (Å²) in [5.74, 6) is 2.81. The number of hydrogen-bond acceptors (Lipinski definition) is 2. The molecule has 0 radical (unpaired) electrons. The number of rotatable bonds is 8. The van der Waals surface area contributed by atoms with Crippen LogP contribution in [0, 0.1) is 5.92 Å². The van der Waals surface area contributed by atoms with Gasteiger partial charge in [0.25, 0.3) is 0 Å². The SMILES string of the molecule is CCSCCCC(CO)Cc1cccc(Br)c1. The maximum absolute atomic E-state index is 9.39. The lowest BCUT2D eigenvalue weighted by atomic mass is 9.96. The van der Waals surface area contributed by atoms with Gasteiger partial charge in [-0.25, -0.2) is 0 Å². The van der Waals surface area contributed by atoms with Crippen LogP contribution in [0.25, 0.3) is 0 Å². The van der Waals surface area contributed by atoms with Gasteiger partial charge in [0.2, 0.25) is 0 Å². The lowest BCUT2D eigenvalue weighted by molar-refractivity contribution is 0.217. The molecule has 1 atom stereocenters. The second-order valence-corrected chi connectivity index (χ2v) is 6.53. The summed E-state index contributed by atoms with van der Waals surface area (Å²) >= 11 is 5.46. The fourth-order valence-corrected chi connectivity index (χ4v) is 2.98. The van der Waals surface area contributed by atoms with E-state index in [1.54, 1.807) is 0 Å². The highest BCUT2D eigenvalue weighted by atomic mass is 79.9. The second kappa shape index (κ2) is 9.01. The molecule has 0 fully saturated rings. The summed E-state index contributed by atoms with van der Waals surface area (Å²) in [6.07, 6.45) is 3.31. The summed E-state index contributed by atoms with van der Waals surface area (Å²) in [6.45, 7) is 2.49. The van der Waals surface area contributed by atoms with Crippen molar-refractivity contribution in [2.75, 3.05) is 18.1 Å². The zero-order valence-corrected chi connectivity index (χ0v) is 12.8. The van der Waals surface area contributed by atoms with Gasteiger partial charge in [0.1, 0.15) is 0 Å². The molecule has 0 aliphatic rings. The summed E-state index contributed by atoms with van der Waals surface area (Å²) in [5, 5.41) is 9.39. The normalized spacial score (nSPS) is 12.6. The van der Waals surface area contributed by atoms with Crippen molar-refractivity contribution in [2.45, 2.75) is 26.2 Å². The molecule has 0 heterocycles. The highest BCUT2D eigenvalue weighted by Gasteiger charge is 2.08. The van der Waals surface area contributed by atoms with Gasteiger partial charge in [-0.05, 0) is 54.4 Å². The Bertz CT molecular complexity index is 317. The number of halogens is 1. The Labute approximate surface area is 117 Å². The zero-order chi connectivity index (χ0) is 12.5. The van der Waals surface area contributed by atoms with Crippen molar-refractivity contribution in [2.24, 2.45) is 5.92 Å². The number of benzene rings is 1. The molecular formula is C14H21BrOS. The molecule has 3 heteroatoms. The van der Waals surface area contributed by atoms with Crippen molar-refractivity contribution in [1.82, 2.24) is 0 Å². The van der Waals surface area contributed by atoms with Gasteiger partial charge in [-0.3, -0.25) is 0 Å². The molecule has 0 amide bonds. The van der Waals surface area contributed by atoms with E-state index in [0.717, 1.165) is 17.3 Å². The van der Waals surface area contributed by atoms with Gasteiger partial charge in [-0.2, -0.15) is 11.8 Å². The van der Waals surface area contributed by atoms with Crippen LogP contribution >= 0.6 is 27.7 Å².